The van der Waals surface area contributed by atoms with Gasteiger partial charge in [-0.3, -0.25) is 4.79 Å². The summed E-state index contributed by atoms with van der Waals surface area (Å²) in [6, 6.07) is 11.2. The molecule has 23 heavy (non-hydrogen) atoms. The highest BCUT2D eigenvalue weighted by Crippen LogP contribution is 2.30. The Balaban J connectivity index is 1.96. The minimum atomic E-state index is -0.0558. The molecule has 0 radical (unpaired) electrons. The zero-order chi connectivity index (χ0) is 16.4. The van der Waals surface area contributed by atoms with Gasteiger partial charge in [-0.2, -0.15) is 0 Å². The average molecular weight is 329 g/mol. The van der Waals surface area contributed by atoms with Crippen molar-refractivity contribution in [2.75, 3.05) is 5.32 Å². The first-order valence-electron chi connectivity index (χ1n) is 7.54. The van der Waals surface area contributed by atoms with Gasteiger partial charge in [-0.05, 0) is 49.2 Å². The number of hydrogen-bond donors (Lipinski definition) is 1. The largest absolute Gasteiger partial charge is 0.436 e. The maximum Gasteiger partial charge on any atom is 0.227 e. The predicted molar refractivity (Wildman–Crippen MR) is 92.7 cm³/mol. The molecule has 0 saturated heterocycles. The number of carbonyl (C=O) groups excluding carboxylic acids is 1. The van der Waals surface area contributed by atoms with Crippen molar-refractivity contribution in [2.45, 2.75) is 26.7 Å². The zero-order valence-electron chi connectivity index (χ0n) is 13.0. The summed E-state index contributed by atoms with van der Waals surface area (Å²) in [5, 5.41) is 3.31. The normalized spacial score (nSPS) is 10.9. The van der Waals surface area contributed by atoms with Gasteiger partial charge >= 0.3 is 0 Å². The molecule has 5 heteroatoms. The standard InChI is InChI=1S/C18H17ClN2O2/c1-3-4-17(22)20-14-10-12(6-7-13(14)19)18-21-15-9-11(2)5-8-16(15)23-18/h5-10H,3-4H2,1-2H3,(H,20,22). The number of nitrogens with one attached hydrogen (secondary N) is 1. The monoisotopic (exact) mass is 328 g/mol. The van der Waals surface area contributed by atoms with Crippen LogP contribution in [-0.2, 0) is 4.79 Å². The van der Waals surface area contributed by atoms with E-state index in [2.05, 4.69) is 10.3 Å². The third-order valence-corrected chi connectivity index (χ3v) is 3.84. The fraction of sp³-hybridized carbons (Fsp3) is 0.222. The fourth-order valence-corrected chi connectivity index (χ4v) is 2.52. The van der Waals surface area contributed by atoms with Crippen molar-refractivity contribution in [3.8, 4) is 11.5 Å². The Morgan fingerprint density at radius 1 is 1.26 bits per heavy atom. The van der Waals surface area contributed by atoms with Crippen LogP contribution in [0.25, 0.3) is 22.6 Å². The Hall–Kier alpha value is -2.33. The number of hydrogen-bond acceptors (Lipinski definition) is 3. The Kier molecular flexibility index (Phi) is 4.35. The van der Waals surface area contributed by atoms with Gasteiger partial charge in [0.2, 0.25) is 11.8 Å². The van der Waals surface area contributed by atoms with Crippen LogP contribution in [0.4, 0.5) is 5.69 Å². The maximum atomic E-state index is 11.8. The lowest BCUT2D eigenvalue weighted by Crippen LogP contribution is -2.10. The zero-order valence-corrected chi connectivity index (χ0v) is 13.8. The lowest BCUT2D eigenvalue weighted by molar-refractivity contribution is -0.116. The lowest BCUT2D eigenvalue weighted by Gasteiger charge is -2.07. The van der Waals surface area contributed by atoms with Crippen LogP contribution >= 0.6 is 11.6 Å². The van der Waals surface area contributed by atoms with Gasteiger partial charge in [0.05, 0.1) is 10.7 Å². The van der Waals surface area contributed by atoms with E-state index >= 15 is 0 Å². The molecule has 0 fully saturated rings. The van der Waals surface area contributed by atoms with E-state index in [0.29, 0.717) is 23.0 Å². The van der Waals surface area contributed by atoms with Gasteiger partial charge in [0.15, 0.2) is 5.58 Å². The molecule has 1 aromatic heterocycles. The van der Waals surface area contributed by atoms with E-state index in [1.165, 1.54) is 0 Å². The highest BCUT2D eigenvalue weighted by atomic mass is 35.5. The first kappa shape index (κ1) is 15.6. The molecule has 1 amide bonds. The van der Waals surface area contributed by atoms with Crippen LogP contribution in [0, 0.1) is 6.92 Å². The molecule has 0 atom stereocenters. The van der Waals surface area contributed by atoms with E-state index in [4.69, 9.17) is 16.0 Å². The molecule has 0 aliphatic heterocycles. The first-order chi connectivity index (χ1) is 11.1. The third kappa shape index (κ3) is 3.37. The van der Waals surface area contributed by atoms with Gasteiger partial charge in [-0.15, -0.1) is 0 Å². The summed E-state index contributed by atoms with van der Waals surface area (Å²) < 4.78 is 5.79. The van der Waals surface area contributed by atoms with E-state index in [-0.39, 0.29) is 5.91 Å². The maximum absolute atomic E-state index is 11.8. The van der Waals surface area contributed by atoms with Gasteiger partial charge in [0, 0.05) is 12.0 Å². The molecule has 0 bridgehead atoms. The summed E-state index contributed by atoms with van der Waals surface area (Å²) in [6.07, 6.45) is 1.25. The van der Waals surface area contributed by atoms with Crippen molar-refractivity contribution < 1.29 is 9.21 Å². The average Bonchev–Trinajstić information content (AvgIpc) is 2.92. The molecule has 1 heterocycles. The van der Waals surface area contributed by atoms with Gasteiger partial charge in [0.1, 0.15) is 5.52 Å². The number of halogens is 1. The van der Waals surface area contributed by atoms with Crippen LogP contribution in [-0.4, -0.2) is 10.9 Å². The highest BCUT2D eigenvalue weighted by molar-refractivity contribution is 6.33. The van der Waals surface area contributed by atoms with Crippen LogP contribution in [0.15, 0.2) is 40.8 Å². The van der Waals surface area contributed by atoms with E-state index < -0.39 is 0 Å². The second-order valence-electron chi connectivity index (χ2n) is 5.48. The second-order valence-corrected chi connectivity index (χ2v) is 5.89. The Labute approximate surface area is 139 Å². The predicted octanol–water partition coefficient (Wildman–Crippen LogP) is 5.20. The lowest BCUT2D eigenvalue weighted by atomic mass is 10.2. The number of anilines is 1. The first-order valence-corrected chi connectivity index (χ1v) is 7.91. The molecule has 4 nitrogen and oxygen atoms in total. The second kappa shape index (κ2) is 6.42. The number of aromatic nitrogens is 1. The molecule has 2 aromatic carbocycles. The van der Waals surface area contributed by atoms with Crippen molar-refractivity contribution in [1.29, 1.82) is 0 Å². The number of carbonyl (C=O) groups is 1. The number of amides is 1. The molecule has 3 aromatic rings. The molecule has 118 valence electrons. The summed E-state index contributed by atoms with van der Waals surface area (Å²) >= 11 is 6.16. The Morgan fingerprint density at radius 2 is 2.09 bits per heavy atom. The SMILES string of the molecule is CCCC(=O)Nc1cc(-c2nc3cc(C)ccc3o2)ccc1Cl. The van der Waals surface area contributed by atoms with Crippen molar-refractivity contribution >= 4 is 34.3 Å². The van der Waals surface area contributed by atoms with Crippen LogP contribution in [0.5, 0.6) is 0 Å². The Morgan fingerprint density at radius 3 is 2.87 bits per heavy atom. The molecular formula is C18H17ClN2O2. The van der Waals surface area contributed by atoms with Gasteiger partial charge < -0.3 is 9.73 Å². The van der Waals surface area contributed by atoms with Crippen LogP contribution in [0.3, 0.4) is 0 Å². The fourth-order valence-electron chi connectivity index (χ4n) is 2.35. The van der Waals surface area contributed by atoms with E-state index in [1.54, 1.807) is 12.1 Å². The van der Waals surface area contributed by atoms with Gasteiger partial charge in [-0.25, -0.2) is 4.98 Å². The molecule has 1 N–H and O–H groups in total. The summed E-state index contributed by atoms with van der Waals surface area (Å²) in [4.78, 5) is 16.3. The van der Waals surface area contributed by atoms with Gasteiger partial charge in [0.25, 0.3) is 0 Å². The van der Waals surface area contributed by atoms with Crippen LogP contribution in [0.1, 0.15) is 25.3 Å². The molecular weight excluding hydrogens is 312 g/mol. The minimum Gasteiger partial charge on any atom is -0.436 e. The minimum absolute atomic E-state index is 0.0558. The summed E-state index contributed by atoms with van der Waals surface area (Å²) in [5.74, 6) is 0.452. The molecule has 0 aliphatic rings. The van der Waals surface area contributed by atoms with Crippen molar-refractivity contribution in [3.63, 3.8) is 0 Å². The van der Waals surface area contributed by atoms with E-state index in [1.807, 2.05) is 38.1 Å². The van der Waals surface area contributed by atoms with Crippen molar-refractivity contribution in [3.05, 3.63) is 47.0 Å². The van der Waals surface area contributed by atoms with Crippen LogP contribution in [0.2, 0.25) is 5.02 Å². The smallest absolute Gasteiger partial charge is 0.227 e. The van der Waals surface area contributed by atoms with Gasteiger partial charge in [-0.1, -0.05) is 24.6 Å². The quantitative estimate of drug-likeness (QED) is 0.716. The summed E-state index contributed by atoms with van der Waals surface area (Å²) in [5.41, 5.74) is 4.01. The number of fused-ring (bicyclic) bond motifs is 1. The third-order valence-electron chi connectivity index (χ3n) is 3.51. The molecule has 3 rings (SSSR count). The molecule has 0 unspecified atom stereocenters. The number of rotatable bonds is 4. The number of oxazole rings is 1. The number of benzene rings is 2. The van der Waals surface area contributed by atoms with E-state index in [0.717, 1.165) is 28.6 Å². The topological polar surface area (TPSA) is 55.1 Å². The molecule has 0 spiro atoms. The highest BCUT2D eigenvalue weighted by Gasteiger charge is 2.12. The Bertz CT molecular complexity index is 871. The summed E-state index contributed by atoms with van der Waals surface area (Å²) in [6.45, 7) is 3.97. The number of nitrogens with zero attached hydrogens (tertiary/aromatic N) is 1. The van der Waals surface area contributed by atoms with Crippen molar-refractivity contribution in [1.82, 2.24) is 4.98 Å². The van der Waals surface area contributed by atoms with Crippen molar-refractivity contribution in [2.24, 2.45) is 0 Å². The molecule has 0 aliphatic carbocycles. The number of aryl methyl sites for hydroxylation is 1. The molecule has 0 saturated carbocycles. The van der Waals surface area contributed by atoms with Crippen LogP contribution < -0.4 is 5.32 Å². The summed E-state index contributed by atoms with van der Waals surface area (Å²) in [7, 11) is 0. The van der Waals surface area contributed by atoms with E-state index in [9.17, 15) is 4.79 Å².